The number of ether oxygens (including phenoxy) is 1. The normalized spacial score (nSPS) is 17.5. The van der Waals surface area contributed by atoms with Crippen molar-refractivity contribution in [2.24, 2.45) is 0 Å². The van der Waals surface area contributed by atoms with Gasteiger partial charge in [-0.05, 0) is 20.8 Å². The van der Waals surface area contributed by atoms with Gasteiger partial charge in [-0.25, -0.2) is 4.79 Å². The van der Waals surface area contributed by atoms with Gasteiger partial charge in [-0.15, -0.1) is 0 Å². The molecule has 4 nitrogen and oxygen atoms in total. The first-order chi connectivity index (χ1) is 6.53. The van der Waals surface area contributed by atoms with Crippen LogP contribution >= 0.6 is 0 Å². The fourth-order valence-corrected chi connectivity index (χ4v) is 1.31. The van der Waals surface area contributed by atoms with Gasteiger partial charge in [0.1, 0.15) is 5.60 Å². The molecule has 1 rings (SSSR count). The highest BCUT2D eigenvalue weighted by Gasteiger charge is 2.20. The van der Waals surface area contributed by atoms with Gasteiger partial charge in [-0.1, -0.05) is 0 Å². The van der Waals surface area contributed by atoms with Crippen LogP contribution in [0.5, 0.6) is 0 Å². The molecule has 0 aliphatic carbocycles. The summed E-state index contributed by atoms with van der Waals surface area (Å²) in [5.41, 5.74) is -0.336. The van der Waals surface area contributed by atoms with Gasteiger partial charge in [0.15, 0.2) is 5.94 Å². The molecule has 1 fully saturated rings. The maximum atomic E-state index is 10.7. The zero-order valence-electron chi connectivity index (χ0n) is 9.09. The Morgan fingerprint density at radius 2 is 1.93 bits per heavy atom. The van der Waals surface area contributed by atoms with Crippen molar-refractivity contribution in [3.63, 3.8) is 0 Å². The number of nitrogens with zero attached hydrogens (tertiary/aromatic N) is 1. The summed E-state index contributed by atoms with van der Waals surface area (Å²) >= 11 is 0. The molecule has 0 radical (unpaired) electrons. The zero-order chi connectivity index (χ0) is 10.6. The van der Waals surface area contributed by atoms with E-state index in [1.165, 1.54) is 0 Å². The van der Waals surface area contributed by atoms with Gasteiger partial charge in [0, 0.05) is 26.2 Å². The molecule has 0 spiro atoms. The maximum Gasteiger partial charge on any atom is 0.278 e. The van der Waals surface area contributed by atoms with Gasteiger partial charge in [-0.2, -0.15) is 0 Å². The van der Waals surface area contributed by atoms with Crippen molar-refractivity contribution in [1.29, 1.82) is 0 Å². The lowest BCUT2D eigenvalue weighted by molar-refractivity contribution is 0.00229. The van der Waals surface area contributed by atoms with E-state index in [4.69, 9.17) is 4.74 Å². The summed E-state index contributed by atoms with van der Waals surface area (Å²) in [4.78, 5) is 12.7. The van der Waals surface area contributed by atoms with Crippen molar-refractivity contribution in [1.82, 2.24) is 10.2 Å². The summed E-state index contributed by atoms with van der Waals surface area (Å²) in [6, 6.07) is 0. The molecule has 0 amide bonds. The second-order valence-corrected chi connectivity index (χ2v) is 4.36. The quantitative estimate of drug-likeness (QED) is 0.514. The average molecular weight is 198 g/mol. The molecule has 80 valence electrons. The molecule has 0 bridgehead atoms. The summed E-state index contributed by atoms with van der Waals surface area (Å²) in [6.07, 6.45) is 0. The monoisotopic (exact) mass is 198 g/mol. The van der Waals surface area contributed by atoms with E-state index in [1.54, 1.807) is 0 Å². The summed E-state index contributed by atoms with van der Waals surface area (Å²) in [7, 11) is 0. The third-order valence-corrected chi connectivity index (χ3v) is 1.89. The first-order valence-corrected chi connectivity index (χ1v) is 4.93. The molecule has 0 atom stereocenters. The van der Waals surface area contributed by atoms with Crippen LogP contribution in [0, 0.1) is 0 Å². The topological polar surface area (TPSA) is 41.6 Å². The fourth-order valence-electron chi connectivity index (χ4n) is 1.31. The molecule has 0 aromatic heterocycles. The van der Waals surface area contributed by atoms with Gasteiger partial charge < -0.3 is 15.0 Å². The Morgan fingerprint density at radius 1 is 1.36 bits per heavy atom. The lowest BCUT2D eigenvalue weighted by Gasteiger charge is -2.32. The van der Waals surface area contributed by atoms with E-state index >= 15 is 0 Å². The first kappa shape index (κ1) is 11.1. The smallest absolute Gasteiger partial charge is 0.278 e. The highest BCUT2D eigenvalue weighted by molar-refractivity contribution is 5.48. The Bertz CT molecular complexity index is 233. The Hall–Kier alpha value is -0.990. The van der Waals surface area contributed by atoms with Crippen LogP contribution in [0.4, 0.5) is 0 Å². The third kappa shape index (κ3) is 3.40. The summed E-state index contributed by atoms with van der Waals surface area (Å²) in [5, 5.41) is 3.22. The Kier molecular flexibility index (Phi) is 3.55. The van der Waals surface area contributed by atoms with Crippen LogP contribution in [0.25, 0.3) is 0 Å². The Balaban J connectivity index is 2.58. The van der Waals surface area contributed by atoms with Crippen LogP contribution in [0.2, 0.25) is 0 Å². The molecule has 1 aliphatic rings. The summed E-state index contributed by atoms with van der Waals surface area (Å²) in [6.45, 7) is 9.16. The van der Waals surface area contributed by atoms with Gasteiger partial charge in [0.2, 0.25) is 0 Å². The molecule has 0 unspecified atom stereocenters. The zero-order valence-corrected chi connectivity index (χ0v) is 9.09. The van der Waals surface area contributed by atoms with E-state index in [1.807, 2.05) is 31.6 Å². The molecule has 1 heterocycles. The largest absolute Gasteiger partial charge is 0.465 e. The minimum atomic E-state index is -0.336. The molecule has 14 heavy (non-hydrogen) atoms. The molecule has 1 saturated heterocycles. The van der Waals surface area contributed by atoms with E-state index in [-0.39, 0.29) is 5.60 Å². The van der Waals surface area contributed by atoms with Crippen LogP contribution in [0.15, 0.2) is 5.88 Å². The Labute approximate surface area is 84.9 Å². The van der Waals surface area contributed by atoms with E-state index in [2.05, 4.69) is 5.32 Å². The predicted octanol–water partition coefficient (Wildman–Crippen LogP) is 0.380. The summed E-state index contributed by atoms with van der Waals surface area (Å²) in [5.74, 6) is 2.20. The number of rotatable bonds is 2. The van der Waals surface area contributed by atoms with E-state index in [0.29, 0.717) is 5.88 Å². The molecule has 0 saturated carbocycles. The number of carbonyl (C=O) groups excluding carboxylic acids is 1. The maximum absolute atomic E-state index is 10.7. The minimum Gasteiger partial charge on any atom is -0.465 e. The SMILES string of the molecule is CC(C)(C)OC(=C=O)N1CCNCC1. The number of piperazine rings is 1. The van der Waals surface area contributed by atoms with Crippen LogP contribution in [-0.2, 0) is 9.53 Å². The van der Waals surface area contributed by atoms with E-state index in [0.717, 1.165) is 26.2 Å². The van der Waals surface area contributed by atoms with Crippen molar-refractivity contribution in [2.75, 3.05) is 26.2 Å². The van der Waals surface area contributed by atoms with Crippen molar-refractivity contribution in [2.45, 2.75) is 26.4 Å². The lowest BCUT2D eigenvalue weighted by Crippen LogP contribution is -2.44. The minimum absolute atomic E-state index is 0.332. The molecular weight excluding hydrogens is 180 g/mol. The molecule has 0 aromatic rings. The standard InChI is InChI=1S/C10H18N2O2/c1-10(2,3)14-9(8-13)12-6-4-11-5-7-12/h11H,4-7H2,1-3H3. The van der Waals surface area contributed by atoms with Gasteiger partial charge >= 0.3 is 0 Å². The highest BCUT2D eigenvalue weighted by atomic mass is 16.5. The summed E-state index contributed by atoms with van der Waals surface area (Å²) < 4.78 is 5.52. The highest BCUT2D eigenvalue weighted by Crippen LogP contribution is 2.15. The van der Waals surface area contributed by atoms with Gasteiger partial charge in [0.25, 0.3) is 5.88 Å². The van der Waals surface area contributed by atoms with Crippen LogP contribution < -0.4 is 5.32 Å². The van der Waals surface area contributed by atoms with Crippen molar-refractivity contribution in [3.8, 4) is 0 Å². The van der Waals surface area contributed by atoms with Crippen molar-refractivity contribution in [3.05, 3.63) is 5.88 Å². The predicted molar refractivity (Wildman–Crippen MR) is 54.5 cm³/mol. The number of nitrogens with one attached hydrogen (secondary N) is 1. The van der Waals surface area contributed by atoms with Crippen molar-refractivity contribution >= 4 is 5.94 Å². The molecular formula is C10H18N2O2. The molecule has 1 N–H and O–H groups in total. The molecule has 0 aromatic carbocycles. The van der Waals surface area contributed by atoms with E-state index in [9.17, 15) is 4.79 Å². The first-order valence-electron chi connectivity index (χ1n) is 4.93. The van der Waals surface area contributed by atoms with E-state index < -0.39 is 0 Å². The van der Waals surface area contributed by atoms with Gasteiger partial charge in [-0.3, -0.25) is 0 Å². The number of hydrogen-bond donors (Lipinski definition) is 1. The number of hydrogen-bond acceptors (Lipinski definition) is 4. The van der Waals surface area contributed by atoms with Crippen LogP contribution in [0.1, 0.15) is 20.8 Å². The van der Waals surface area contributed by atoms with Crippen LogP contribution in [-0.4, -0.2) is 42.6 Å². The second kappa shape index (κ2) is 4.49. The fraction of sp³-hybridized carbons (Fsp3) is 0.800. The van der Waals surface area contributed by atoms with Crippen molar-refractivity contribution < 1.29 is 9.53 Å². The van der Waals surface area contributed by atoms with Crippen LogP contribution in [0.3, 0.4) is 0 Å². The average Bonchev–Trinajstić information content (AvgIpc) is 2.14. The molecule has 1 aliphatic heterocycles. The molecule has 4 heteroatoms. The lowest BCUT2D eigenvalue weighted by atomic mass is 10.2. The second-order valence-electron chi connectivity index (χ2n) is 4.36. The van der Waals surface area contributed by atoms with Gasteiger partial charge in [0.05, 0.1) is 0 Å². The third-order valence-electron chi connectivity index (χ3n) is 1.89. The Morgan fingerprint density at radius 3 is 2.36 bits per heavy atom.